The molecule has 2 heterocycles. The number of hydrogen-bond acceptors (Lipinski definition) is 2. The van der Waals surface area contributed by atoms with Gasteiger partial charge in [0.2, 0.25) is 0 Å². The Kier molecular flexibility index (Phi) is 7.37. The van der Waals surface area contributed by atoms with Crippen molar-refractivity contribution in [1.82, 2.24) is 10.2 Å². The summed E-state index contributed by atoms with van der Waals surface area (Å²) in [6, 6.07) is 2.62. The van der Waals surface area contributed by atoms with Crippen molar-refractivity contribution < 1.29 is 0 Å². The maximum absolute atomic E-state index is 3.76. The highest BCUT2D eigenvalue weighted by atomic mass is 15.2. The van der Waals surface area contributed by atoms with Gasteiger partial charge in [0.25, 0.3) is 0 Å². The smallest absolute Gasteiger partial charge is 0.0114 e. The number of nitrogens with one attached hydrogen (secondary N) is 1. The molecular weight excluding hydrogens is 244 g/mol. The van der Waals surface area contributed by atoms with Crippen LogP contribution in [0.4, 0.5) is 0 Å². The maximum Gasteiger partial charge on any atom is 0.0114 e. The number of nitrogens with zero attached hydrogens (tertiary/aromatic N) is 1. The first kappa shape index (κ1) is 16.3. The van der Waals surface area contributed by atoms with E-state index in [1.165, 1.54) is 83.7 Å². The molecule has 2 rings (SSSR count). The van der Waals surface area contributed by atoms with Gasteiger partial charge in [0.15, 0.2) is 0 Å². The molecule has 0 aromatic rings. The van der Waals surface area contributed by atoms with Gasteiger partial charge in [0, 0.05) is 18.1 Å². The zero-order valence-corrected chi connectivity index (χ0v) is 13.9. The van der Waals surface area contributed by atoms with Crippen LogP contribution in [0.3, 0.4) is 0 Å². The molecule has 2 aliphatic heterocycles. The van der Waals surface area contributed by atoms with Crippen LogP contribution in [-0.2, 0) is 0 Å². The van der Waals surface area contributed by atoms with Gasteiger partial charge in [-0.25, -0.2) is 0 Å². The van der Waals surface area contributed by atoms with E-state index >= 15 is 0 Å². The predicted molar refractivity (Wildman–Crippen MR) is 88.2 cm³/mol. The first-order valence-corrected chi connectivity index (χ1v) is 9.34. The van der Waals surface area contributed by atoms with Crippen molar-refractivity contribution in [3.05, 3.63) is 0 Å². The van der Waals surface area contributed by atoms with E-state index in [4.69, 9.17) is 0 Å². The minimum Gasteiger partial charge on any atom is -0.314 e. The number of fused-ring (bicyclic) bond motifs is 2. The Bertz CT molecular complexity index is 240. The predicted octanol–water partition coefficient (Wildman–Crippen LogP) is 4.34. The second kappa shape index (κ2) is 9.04. The van der Waals surface area contributed by atoms with Gasteiger partial charge in [0.1, 0.15) is 0 Å². The van der Waals surface area contributed by atoms with E-state index in [1.807, 2.05) is 0 Å². The molecule has 0 saturated carbocycles. The maximum atomic E-state index is 3.76. The van der Waals surface area contributed by atoms with Gasteiger partial charge in [-0.15, -0.1) is 0 Å². The van der Waals surface area contributed by atoms with Crippen molar-refractivity contribution in [3.63, 3.8) is 0 Å². The summed E-state index contributed by atoms with van der Waals surface area (Å²) in [6.07, 6.45) is 15.6. The van der Waals surface area contributed by atoms with Crippen molar-refractivity contribution in [2.75, 3.05) is 13.1 Å². The Labute approximate surface area is 126 Å². The Hall–Kier alpha value is -0.0800. The lowest BCUT2D eigenvalue weighted by molar-refractivity contribution is 0.114. The van der Waals surface area contributed by atoms with Gasteiger partial charge in [-0.05, 0) is 51.6 Å². The molecule has 2 heteroatoms. The summed E-state index contributed by atoms with van der Waals surface area (Å²) >= 11 is 0. The molecule has 0 aromatic carbocycles. The van der Waals surface area contributed by atoms with Gasteiger partial charge < -0.3 is 5.32 Å². The minimum absolute atomic E-state index is 0.813. The van der Waals surface area contributed by atoms with Crippen LogP contribution in [0.2, 0.25) is 0 Å². The van der Waals surface area contributed by atoms with Crippen LogP contribution in [0.25, 0.3) is 0 Å². The fourth-order valence-electron chi connectivity index (χ4n) is 4.23. The normalized spacial score (nSPS) is 30.0. The monoisotopic (exact) mass is 280 g/mol. The van der Waals surface area contributed by atoms with Gasteiger partial charge >= 0.3 is 0 Å². The van der Waals surface area contributed by atoms with E-state index in [-0.39, 0.29) is 0 Å². The molecule has 0 spiro atoms. The van der Waals surface area contributed by atoms with E-state index in [0.29, 0.717) is 0 Å². The summed E-state index contributed by atoms with van der Waals surface area (Å²) in [5, 5.41) is 3.76. The molecule has 2 fully saturated rings. The third-order valence-electron chi connectivity index (χ3n) is 5.34. The molecule has 0 amide bonds. The average Bonchev–Trinajstić information content (AvgIpc) is 2.70. The highest BCUT2D eigenvalue weighted by Gasteiger charge is 2.39. The van der Waals surface area contributed by atoms with Crippen LogP contribution in [-0.4, -0.2) is 36.1 Å². The first-order chi connectivity index (χ1) is 9.85. The van der Waals surface area contributed by atoms with Crippen molar-refractivity contribution in [2.45, 2.75) is 103 Å². The fourth-order valence-corrected chi connectivity index (χ4v) is 4.23. The second-order valence-corrected chi connectivity index (χ2v) is 7.01. The molecule has 2 aliphatic rings. The molecule has 2 nitrogen and oxygen atoms in total. The Morgan fingerprint density at radius 2 is 1.50 bits per heavy atom. The number of unbranched alkanes of at least 4 members (excludes halogenated alkanes) is 5. The zero-order valence-electron chi connectivity index (χ0n) is 13.9. The molecule has 2 bridgehead atoms. The van der Waals surface area contributed by atoms with Crippen LogP contribution in [0.1, 0.15) is 84.5 Å². The lowest BCUT2D eigenvalue weighted by atomic mass is 9.96. The van der Waals surface area contributed by atoms with Crippen LogP contribution >= 0.6 is 0 Å². The topological polar surface area (TPSA) is 15.3 Å². The first-order valence-electron chi connectivity index (χ1n) is 9.34. The molecule has 2 atom stereocenters. The molecule has 0 radical (unpaired) electrons. The fraction of sp³-hybridized carbons (Fsp3) is 1.00. The third-order valence-corrected chi connectivity index (χ3v) is 5.34. The highest BCUT2D eigenvalue weighted by molar-refractivity contribution is 4.97. The number of rotatable bonds is 10. The van der Waals surface area contributed by atoms with Crippen LogP contribution in [0, 0.1) is 0 Å². The number of piperidine rings is 1. The second-order valence-electron chi connectivity index (χ2n) is 7.01. The van der Waals surface area contributed by atoms with Gasteiger partial charge in [0.05, 0.1) is 0 Å². The Morgan fingerprint density at radius 3 is 2.15 bits per heavy atom. The van der Waals surface area contributed by atoms with Crippen molar-refractivity contribution in [3.8, 4) is 0 Å². The molecule has 2 unspecified atom stereocenters. The Balaban J connectivity index is 1.62. The lowest BCUT2D eigenvalue weighted by Crippen LogP contribution is -2.49. The van der Waals surface area contributed by atoms with Gasteiger partial charge in [-0.1, -0.05) is 46.0 Å². The Morgan fingerprint density at radius 1 is 0.850 bits per heavy atom. The van der Waals surface area contributed by atoms with Crippen molar-refractivity contribution in [1.29, 1.82) is 0 Å². The molecule has 20 heavy (non-hydrogen) atoms. The largest absolute Gasteiger partial charge is 0.314 e. The SMILES string of the molecule is CCCCCCCCN1C2CCC1CC(NCCC)C2. The van der Waals surface area contributed by atoms with Crippen LogP contribution in [0.5, 0.6) is 0 Å². The molecule has 1 N–H and O–H groups in total. The number of hydrogen-bond donors (Lipinski definition) is 1. The third kappa shape index (κ3) is 4.73. The van der Waals surface area contributed by atoms with E-state index in [1.54, 1.807) is 0 Å². The summed E-state index contributed by atoms with van der Waals surface area (Å²) in [4.78, 5) is 2.87. The summed E-state index contributed by atoms with van der Waals surface area (Å²) < 4.78 is 0. The minimum atomic E-state index is 0.813. The highest BCUT2D eigenvalue weighted by Crippen LogP contribution is 2.35. The molecule has 2 saturated heterocycles. The van der Waals surface area contributed by atoms with E-state index in [9.17, 15) is 0 Å². The standard InChI is InChI=1S/C18H36N2/c1-3-5-6-7-8-9-13-20-17-10-11-18(20)15-16(14-17)19-12-4-2/h16-19H,3-15H2,1-2H3. The molecule has 0 aromatic heterocycles. The molecule has 118 valence electrons. The van der Waals surface area contributed by atoms with Crippen LogP contribution in [0.15, 0.2) is 0 Å². The van der Waals surface area contributed by atoms with Crippen molar-refractivity contribution >= 4 is 0 Å². The quantitative estimate of drug-likeness (QED) is 0.599. The summed E-state index contributed by atoms with van der Waals surface area (Å²) in [7, 11) is 0. The summed E-state index contributed by atoms with van der Waals surface area (Å²) in [6.45, 7) is 7.16. The van der Waals surface area contributed by atoms with Gasteiger partial charge in [-0.3, -0.25) is 4.90 Å². The van der Waals surface area contributed by atoms with Gasteiger partial charge in [-0.2, -0.15) is 0 Å². The summed E-state index contributed by atoms with van der Waals surface area (Å²) in [5.74, 6) is 0. The summed E-state index contributed by atoms with van der Waals surface area (Å²) in [5.41, 5.74) is 0. The van der Waals surface area contributed by atoms with E-state index < -0.39 is 0 Å². The van der Waals surface area contributed by atoms with Crippen LogP contribution < -0.4 is 5.32 Å². The van der Waals surface area contributed by atoms with Crippen molar-refractivity contribution in [2.24, 2.45) is 0 Å². The van der Waals surface area contributed by atoms with E-state index in [0.717, 1.165) is 18.1 Å². The van der Waals surface area contributed by atoms with E-state index in [2.05, 4.69) is 24.1 Å². The zero-order chi connectivity index (χ0) is 14.2. The lowest BCUT2D eigenvalue weighted by Gasteiger charge is -2.39. The average molecular weight is 281 g/mol. The molecule has 0 aliphatic carbocycles. The molecular formula is C18H36N2.